The standard InChI is InChI=1S/C10H19N3S/c1-12-10(11)13-8-5-3-2-4-6-9(14)7-8/h8-9,14H,1-7H2,(H2,11,13). The molecule has 80 valence electrons. The van der Waals surface area contributed by atoms with Crippen LogP contribution in [-0.4, -0.2) is 24.0 Å². The lowest BCUT2D eigenvalue weighted by molar-refractivity contribution is 0.464. The first-order chi connectivity index (χ1) is 6.72. The van der Waals surface area contributed by atoms with Gasteiger partial charge in [-0.25, -0.2) is 9.98 Å². The number of thiol groups is 1. The summed E-state index contributed by atoms with van der Waals surface area (Å²) >= 11 is 4.53. The number of hydrogen-bond acceptors (Lipinski definition) is 2. The highest BCUT2D eigenvalue weighted by molar-refractivity contribution is 7.80. The smallest absolute Gasteiger partial charge is 0.214 e. The number of guanidine groups is 1. The molecule has 2 atom stereocenters. The van der Waals surface area contributed by atoms with Gasteiger partial charge in [0.25, 0.3) is 0 Å². The summed E-state index contributed by atoms with van der Waals surface area (Å²) in [6.45, 7) is 3.36. The van der Waals surface area contributed by atoms with Crippen LogP contribution in [0.2, 0.25) is 0 Å². The van der Waals surface area contributed by atoms with Gasteiger partial charge in [0.05, 0.1) is 6.04 Å². The normalized spacial score (nSPS) is 30.5. The lowest BCUT2D eigenvalue weighted by atomic mass is 9.97. The van der Waals surface area contributed by atoms with Gasteiger partial charge in [0.2, 0.25) is 5.96 Å². The number of nitrogens with zero attached hydrogens (tertiary/aromatic N) is 2. The number of hydrogen-bond donors (Lipinski definition) is 2. The predicted molar refractivity (Wildman–Crippen MR) is 65.4 cm³/mol. The van der Waals surface area contributed by atoms with E-state index in [4.69, 9.17) is 5.73 Å². The van der Waals surface area contributed by atoms with Crippen LogP contribution in [0.25, 0.3) is 0 Å². The van der Waals surface area contributed by atoms with Crippen molar-refractivity contribution in [1.82, 2.24) is 0 Å². The van der Waals surface area contributed by atoms with Crippen molar-refractivity contribution in [3.05, 3.63) is 0 Å². The Kier molecular flexibility index (Phi) is 5.01. The van der Waals surface area contributed by atoms with Crippen molar-refractivity contribution in [2.45, 2.75) is 49.8 Å². The SMILES string of the molecule is C=NC(N)=NC1CCCCCC(S)C1. The summed E-state index contributed by atoms with van der Waals surface area (Å²) in [4.78, 5) is 7.94. The third kappa shape index (κ3) is 4.13. The van der Waals surface area contributed by atoms with E-state index in [1.54, 1.807) is 0 Å². The lowest BCUT2D eigenvalue weighted by Gasteiger charge is -2.20. The molecule has 1 fully saturated rings. The van der Waals surface area contributed by atoms with Crippen molar-refractivity contribution in [1.29, 1.82) is 0 Å². The van der Waals surface area contributed by atoms with Gasteiger partial charge in [0, 0.05) is 5.25 Å². The zero-order chi connectivity index (χ0) is 10.4. The van der Waals surface area contributed by atoms with Crippen molar-refractivity contribution in [3.8, 4) is 0 Å². The van der Waals surface area contributed by atoms with Gasteiger partial charge in [-0.15, -0.1) is 0 Å². The molecule has 2 N–H and O–H groups in total. The molecule has 14 heavy (non-hydrogen) atoms. The Labute approximate surface area is 91.3 Å². The van der Waals surface area contributed by atoms with Crippen LogP contribution < -0.4 is 5.73 Å². The Morgan fingerprint density at radius 2 is 2.00 bits per heavy atom. The van der Waals surface area contributed by atoms with Crippen molar-refractivity contribution in [3.63, 3.8) is 0 Å². The fourth-order valence-corrected chi connectivity index (χ4v) is 2.26. The summed E-state index contributed by atoms with van der Waals surface area (Å²) in [5, 5.41) is 0.460. The third-order valence-electron chi connectivity index (χ3n) is 2.60. The van der Waals surface area contributed by atoms with E-state index in [-0.39, 0.29) is 0 Å². The highest BCUT2D eigenvalue weighted by atomic mass is 32.1. The minimum atomic E-state index is 0.295. The minimum absolute atomic E-state index is 0.295. The number of nitrogens with two attached hydrogens (primary N) is 1. The van der Waals surface area contributed by atoms with Crippen LogP contribution in [0.1, 0.15) is 38.5 Å². The molecule has 0 bridgehead atoms. The highest BCUT2D eigenvalue weighted by Crippen LogP contribution is 2.23. The van der Waals surface area contributed by atoms with Gasteiger partial charge in [-0.1, -0.05) is 19.3 Å². The Hall–Kier alpha value is -0.510. The summed E-state index contributed by atoms with van der Waals surface area (Å²) in [7, 11) is 0. The van der Waals surface area contributed by atoms with E-state index in [1.165, 1.54) is 25.7 Å². The molecule has 0 radical (unpaired) electrons. The predicted octanol–water partition coefficient (Wildman–Crippen LogP) is 2.02. The average Bonchev–Trinajstić information content (AvgIpc) is 2.13. The summed E-state index contributed by atoms with van der Waals surface area (Å²) in [6, 6.07) is 0.295. The van der Waals surface area contributed by atoms with Crippen LogP contribution in [0.5, 0.6) is 0 Å². The van der Waals surface area contributed by atoms with E-state index >= 15 is 0 Å². The third-order valence-corrected chi connectivity index (χ3v) is 3.06. The van der Waals surface area contributed by atoms with Crippen LogP contribution in [0.3, 0.4) is 0 Å². The zero-order valence-corrected chi connectivity index (χ0v) is 9.42. The van der Waals surface area contributed by atoms with Crippen molar-refractivity contribution in [2.24, 2.45) is 15.7 Å². The molecule has 0 aromatic rings. The topological polar surface area (TPSA) is 50.7 Å². The maximum atomic E-state index is 5.54. The number of rotatable bonds is 1. The molecule has 3 nitrogen and oxygen atoms in total. The van der Waals surface area contributed by atoms with E-state index in [0.717, 1.165) is 12.8 Å². The Balaban J connectivity index is 2.51. The van der Waals surface area contributed by atoms with E-state index in [1.807, 2.05) is 0 Å². The molecule has 0 spiro atoms. The molecular formula is C10H19N3S. The fraction of sp³-hybridized carbons (Fsp3) is 0.800. The summed E-state index contributed by atoms with van der Waals surface area (Å²) in [5.41, 5.74) is 5.54. The summed E-state index contributed by atoms with van der Waals surface area (Å²) in [5.74, 6) is 0.316. The Morgan fingerprint density at radius 1 is 1.29 bits per heavy atom. The second-order valence-electron chi connectivity index (χ2n) is 3.83. The highest BCUT2D eigenvalue weighted by Gasteiger charge is 2.15. The van der Waals surface area contributed by atoms with Crippen LogP contribution in [0.15, 0.2) is 9.98 Å². The van der Waals surface area contributed by atoms with Gasteiger partial charge < -0.3 is 5.73 Å². The molecule has 0 amide bonds. The van der Waals surface area contributed by atoms with Gasteiger partial charge in [-0.05, 0) is 26.0 Å². The van der Waals surface area contributed by atoms with Crippen LogP contribution >= 0.6 is 12.6 Å². The van der Waals surface area contributed by atoms with E-state index in [9.17, 15) is 0 Å². The minimum Gasteiger partial charge on any atom is -0.368 e. The molecule has 0 aromatic carbocycles. The van der Waals surface area contributed by atoms with E-state index in [2.05, 4.69) is 29.3 Å². The molecule has 1 saturated carbocycles. The first-order valence-corrected chi connectivity index (χ1v) is 5.72. The maximum absolute atomic E-state index is 5.54. The molecule has 0 aliphatic heterocycles. The largest absolute Gasteiger partial charge is 0.368 e. The molecule has 1 aliphatic carbocycles. The van der Waals surface area contributed by atoms with Crippen molar-refractivity contribution >= 4 is 25.3 Å². The maximum Gasteiger partial charge on any atom is 0.214 e. The van der Waals surface area contributed by atoms with Gasteiger partial charge >= 0.3 is 0 Å². The average molecular weight is 213 g/mol. The fourth-order valence-electron chi connectivity index (χ4n) is 1.83. The first kappa shape index (κ1) is 11.6. The van der Waals surface area contributed by atoms with Gasteiger partial charge in [0.1, 0.15) is 0 Å². The molecular weight excluding hydrogens is 194 g/mol. The molecule has 1 rings (SSSR count). The van der Waals surface area contributed by atoms with Crippen LogP contribution in [-0.2, 0) is 0 Å². The Bertz CT molecular complexity index is 215. The molecule has 1 aliphatic rings. The summed E-state index contributed by atoms with van der Waals surface area (Å²) in [6.07, 6.45) is 7.12. The van der Waals surface area contributed by atoms with Gasteiger partial charge in [0.15, 0.2) is 0 Å². The zero-order valence-electron chi connectivity index (χ0n) is 8.52. The van der Waals surface area contributed by atoms with E-state index in [0.29, 0.717) is 17.3 Å². The second-order valence-corrected chi connectivity index (χ2v) is 4.56. The molecule has 0 aromatic heterocycles. The Morgan fingerprint density at radius 3 is 2.71 bits per heavy atom. The lowest BCUT2D eigenvalue weighted by Crippen LogP contribution is -2.19. The molecule has 2 unspecified atom stereocenters. The first-order valence-electron chi connectivity index (χ1n) is 5.20. The van der Waals surface area contributed by atoms with Crippen LogP contribution in [0, 0.1) is 0 Å². The monoisotopic (exact) mass is 213 g/mol. The van der Waals surface area contributed by atoms with Crippen LogP contribution in [0.4, 0.5) is 0 Å². The summed E-state index contributed by atoms with van der Waals surface area (Å²) < 4.78 is 0. The second kappa shape index (κ2) is 6.06. The molecule has 0 heterocycles. The molecule has 0 saturated heterocycles. The van der Waals surface area contributed by atoms with E-state index < -0.39 is 0 Å². The quantitative estimate of drug-likeness (QED) is 0.391. The van der Waals surface area contributed by atoms with Crippen molar-refractivity contribution < 1.29 is 0 Å². The molecule has 4 heteroatoms. The van der Waals surface area contributed by atoms with Gasteiger partial charge in [-0.2, -0.15) is 12.6 Å². The van der Waals surface area contributed by atoms with Crippen molar-refractivity contribution in [2.75, 3.05) is 0 Å². The van der Waals surface area contributed by atoms with Gasteiger partial charge in [-0.3, -0.25) is 0 Å². The number of aliphatic imine (C=N–C) groups is 2.